The number of carbonyl (C=O) groups is 1. The second-order valence-corrected chi connectivity index (χ2v) is 17.4. The van der Waals surface area contributed by atoms with Gasteiger partial charge in [0.1, 0.15) is 0 Å². The Morgan fingerprint density at radius 3 is 1.21 bits per heavy atom. The van der Waals surface area contributed by atoms with E-state index in [9.17, 15) is 4.79 Å². The predicted molar refractivity (Wildman–Crippen MR) is 148 cm³/mol. The third-order valence-corrected chi connectivity index (χ3v) is 17.6. The molecule has 33 heavy (non-hydrogen) atoms. The second-order valence-electron chi connectivity index (χ2n) is 12.2. The van der Waals surface area contributed by atoms with Crippen molar-refractivity contribution in [2.75, 3.05) is 6.16 Å². The minimum atomic E-state index is -1.24. The minimum absolute atomic E-state index is 0.356. The summed E-state index contributed by atoms with van der Waals surface area (Å²) in [6.07, 6.45) is 37.3. The average molecular weight is 481 g/mol. The molecule has 3 fully saturated rings. The van der Waals surface area contributed by atoms with E-state index in [4.69, 9.17) is 5.11 Å². The Kier molecular flexibility index (Phi) is 13.2. The summed E-state index contributed by atoms with van der Waals surface area (Å²) < 4.78 is 0. The van der Waals surface area contributed by atoms with Crippen molar-refractivity contribution in [2.45, 2.75) is 177 Å². The summed E-state index contributed by atoms with van der Waals surface area (Å²) in [6.45, 7) is 0. The summed E-state index contributed by atoms with van der Waals surface area (Å²) in [7, 11) is -1.24. The van der Waals surface area contributed by atoms with E-state index < -0.39 is 13.2 Å². The summed E-state index contributed by atoms with van der Waals surface area (Å²) in [5.41, 5.74) is 3.55. The molecule has 0 radical (unpaired) electrons. The first kappa shape index (κ1) is 27.5. The molecule has 0 amide bonds. The fourth-order valence-corrected chi connectivity index (χ4v) is 17.0. The van der Waals surface area contributed by atoms with Gasteiger partial charge in [0.15, 0.2) is 0 Å². The maximum absolute atomic E-state index is 10.6. The SMILES string of the molecule is O=C(O)CCCCCCCCCCC[PH](C1CCCCC1)(C1CCCCC1)C1CCCCC1. The number of unbranched alkanes of at least 4 members (excludes halogenated alkanes) is 8. The molecule has 0 bridgehead atoms. The predicted octanol–water partition coefficient (Wildman–Crippen LogP) is 9.72. The van der Waals surface area contributed by atoms with Crippen LogP contribution in [-0.2, 0) is 4.79 Å². The molecule has 0 aliphatic heterocycles. The molecular weight excluding hydrogens is 423 g/mol. The normalized spacial score (nSPS) is 22.4. The number of hydrogen-bond donors (Lipinski definition) is 1. The molecule has 2 nitrogen and oxygen atoms in total. The molecule has 0 heterocycles. The molecule has 3 aliphatic rings. The average Bonchev–Trinajstić information content (AvgIpc) is 2.86. The van der Waals surface area contributed by atoms with Crippen LogP contribution in [0.4, 0.5) is 0 Å². The number of aliphatic carboxylic acids is 1. The van der Waals surface area contributed by atoms with E-state index in [1.54, 1.807) is 89.6 Å². The van der Waals surface area contributed by atoms with Gasteiger partial charge in [-0.1, -0.05) is 0 Å². The third kappa shape index (κ3) is 8.81. The van der Waals surface area contributed by atoms with Gasteiger partial charge < -0.3 is 5.11 Å². The molecule has 0 atom stereocenters. The van der Waals surface area contributed by atoms with Crippen LogP contribution in [-0.4, -0.2) is 34.2 Å². The van der Waals surface area contributed by atoms with Crippen molar-refractivity contribution in [1.29, 1.82) is 0 Å². The summed E-state index contributed by atoms with van der Waals surface area (Å²) in [6, 6.07) is 0. The fraction of sp³-hybridized carbons (Fsp3) is 0.967. The first-order valence-corrected chi connectivity index (χ1v) is 17.9. The van der Waals surface area contributed by atoms with Crippen LogP contribution < -0.4 is 0 Å². The van der Waals surface area contributed by atoms with Crippen molar-refractivity contribution in [3.8, 4) is 0 Å². The number of carboxylic acid groups (broad SMARTS) is 1. The van der Waals surface area contributed by atoms with E-state index in [1.165, 1.54) is 74.8 Å². The summed E-state index contributed by atoms with van der Waals surface area (Å²) in [4.78, 5) is 10.6. The van der Waals surface area contributed by atoms with Crippen LogP contribution in [0.25, 0.3) is 0 Å². The van der Waals surface area contributed by atoms with Gasteiger partial charge in [0.25, 0.3) is 0 Å². The Hall–Kier alpha value is -0.100. The number of carboxylic acids is 1. The topological polar surface area (TPSA) is 37.3 Å². The van der Waals surface area contributed by atoms with Crippen molar-refractivity contribution < 1.29 is 9.90 Å². The van der Waals surface area contributed by atoms with Crippen LogP contribution in [0.1, 0.15) is 161 Å². The van der Waals surface area contributed by atoms with Gasteiger partial charge in [0.2, 0.25) is 0 Å². The molecule has 3 aliphatic carbocycles. The number of rotatable bonds is 15. The van der Waals surface area contributed by atoms with Crippen molar-refractivity contribution in [3.05, 3.63) is 0 Å². The van der Waals surface area contributed by atoms with Crippen molar-refractivity contribution in [3.63, 3.8) is 0 Å². The molecule has 0 spiro atoms. The Morgan fingerprint density at radius 2 is 0.848 bits per heavy atom. The van der Waals surface area contributed by atoms with Gasteiger partial charge in [-0.15, -0.1) is 0 Å². The molecule has 194 valence electrons. The van der Waals surface area contributed by atoms with Crippen molar-refractivity contribution in [1.82, 2.24) is 0 Å². The van der Waals surface area contributed by atoms with E-state index >= 15 is 0 Å². The molecule has 3 saturated carbocycles. The molecule has 0 aromatic rings. The standard InChI is InChI=1S/C30H57O2P/c31-30(32)25-17-6-4-2-1-3-5-7-18-26-33(27-19-11-8-12-20-27,28-21-13-9-14-22-28)29-23-15-10-16-24-29/h27-29,33H,1-26H2,(H,31,32). The Bertz CT molecular complexity index is 470. The van der Waals surface area contributed by atoms with Crippen LogP contribution >= 0.6 is 7.26 Å². The van der Waals surface area contributed by atoms with Gasteiger partial charge in [-0.3, -0.25) is 4.79 Å². The molecule has 0 aromatic carbocycles. The Morgan fingerprint density at radius 1 is 0.515 bits per heavy atom. The van der Waals surface area contributed by atoms with Crippen molar-refractivity contribution >= 4 is 13.2 Å². The number of hydrogen-bond acceptors (Lipinski definition) is 1. The first-order chi connectivity index (χ1) is 16.2. The van der Waals surface area contributed by atoms with Crippen LogP contribution in [0.5, 0.6) is 0 Å². The van der Waals surface area contributed by atoms with E-state index in [1.807, 2.05) is 0 Å². The van der Waals surface area contributed by atoms with Crippen LogP contribution in [0.3, 0.4) is 0 Å². The van der Waals surface area contributed by atoms with Gasteiger partial charge >= 0.3 is 197 Å². The first-order valence-electron chi connectivity index (χ1n) is 15.5. The van der Waals surface area contributed by atoms with E-state index in [-0.39, 0.29) is 0 Å². The molecular formula is C30H57O2P. The zero-order chi connectivity index (χ0) is 23.2. The van der Waals surface area contributed by atoms with Gasteiger partial charge in [-0.05, 0) is 0 Å². The zero-order valence-electron chi connectivity index (χ0n) is 22.0. The molecule has 0 unspecified atom stereocenters. The van der Waals surface area contributed by atoms with E-state index in [2.05, 4.69) is 0 Å². The zero-order valence-corrected chi connectivity index (χ0v) is 23.0. The summed E-state index contributed by atoms with van der Waals surface area (Å²) in [5.74, 6) is -0.635. The maximum atomic E-state index is 10.6. The quantitative estimate of drug-likeness (QED) is 0.187. The van der Waals surface area contributed by atoms with E-state index in [0.29, 0.717) is 6.42 Å². The molecule has 3 heteroatoms. The fourth-order valence-electron chi connectivity index (χ4n) is 8.48. The summed E-state index contributed by atoms with van der Waals surface area (Å²) in [5, 5.41) is 8.75. The molecule has 1 N–H and O–H groups in total. The van der Waals surface area contributed by atoms with Crippen LogP contribution in [0.2, 0.25) is 0 Å². The summed E-state index contributed by atoms with van der Waals surface area (Å²) >= 11 is 0. The van der Waals surface area contributed by atoms with Gasteiger partial charge in [-0.25, -0.2) is 0 Å². The van der Waals surface area contributed by atoms with Gasteiger partial charge in [-0.2, -0.15) is 0 Å². The third-order valence-electron chi connectivity index (χ3n) is 10.1. The van der Waals surface area contributed by atoms with Crippen LogP contribution in [0.15, 0.2) is 0 Å². The Balaban J connectivity index is 1.48. The molecule has 3 rings (SSSR count). The molecule has 0 saturated heterocycles. The Labute approximate surface area is 206 Å². The van der Waals surface area contributed by atoms with Gasteiger partial charge in [0, 0.05) is 0 Å². The van der Waals surface area contributed by atoms with Crippen molar-refractivity contribution in [2.24, 2.45) is 0 Å². The van der Waals surface area contributed by atoms with E-state index in [0.717, 1.165) is 12.8 Å². The monoisotopic (exact) mass is 480 g/mol. The van der Waals surface area contributed by atoms with Crippen LogP contribution in [0, 0.1) is 0 Å². The second kappa shape index (κ2) is 15.8. The molecule has 0 aromatic heterocycles. The van der Waals surface area contributed by atoms with Gasteiger partial charge in [0.05, 0.1) is 0 Å².